The van der Waals surface area contributed by atoms with Crippen molar-refractivity contribution < 1.29 is 14.5 Å². The van der Waals surface area contributed by atoms with Gasteiger partial charge in [-0.15, -0.1) is 0 Å². The highest BCUT2D eigenvalue weighted by Crippen LogP contribution is 2.37. The Kier molecular flexibility index (Phi) is 5.75. The van der Waals surface area contributed by atoms with E-state index in [1.54, 1.807) is 36.2 Å². The van der Waals surface area contributed by atoms with Gasteiger partial charge in [0.1, 0.15) is 5.70 Å². The highest BCUT2D eigenvalue weighted by molar-refractivity contribution is 6.47. The number of hydrogen-bond acceptors (Lipinski definition) is 5. The maximum atomic E-state index is 13.5. The summed E-state index contributed by atoms with van der Waals surface area (Å²) in [7, 11) is 1.73. The summed E-state index contributed by atoms with van der Waals surface area (Å²) in [6, 6.07) is 21.7. The number of halogens is 1. The first-order valence-electron chi connectivity index (χ1n) is 9.76. The number of likely N-dealkylation sites (N-methyl/N-ethyl adjacent to an activating group) is 1. The molecule has 0 atom stereocenters. The molecule has 0 radical (unpaired) electrons. The first-order valence-corrected chi connectivity index (χ1v) is 10.1. The predicted octanol–water partition coefficient (Wildman–Crippen LogP) is 4.66. The third-order valence-corrected chi connectivity index (χ3v) is 5.48. The largest absolute Gasteiger partial charge is 0.365 e. The zero-order chi connectivity index (χ0) is 22.8. The lowest BCUT2D eigenvalue weighted by molar-refractivity contribution is -0.384. The number of anilines is 1. The minimum atomic E-state index is -0.535. The molecule has 0 spiro atoms. The van der Waals surface area contributed by atoms with Gasteiger partial charge in [-0.1, -0.05) is 54.1 Å². The van der Waals surface area contributed by atoms with Crippen molar-refractivity contribution in [1.29, 1.82) is 0 Å². The highest BCUT2D eigenvalue weighted by atomic mass is 35.5. The topological polar surface area (TPSA) is 83.8 Å². The number of nitrogens with zero attached hydrogens (tertiary/aromatic N) is 3. The summed E-state index contributed by atoms with van der Waals surface area (Å²) < 4.78 is 0. The van der Waals surface area contributed by atoms with Crippen LogP contribution in [0.3, 0.4) is 0 Å². The molecule has 0 saturated heterocycles. The maximum Gasteiger partial charge on any atom is 0.282 e. The fourth-order valence-electron chi connectivity index (χ4n) is 3.67. The lowest BCUT2D eigenvalue weighted by Gasteiger charge is -2.22. The zero-order valence-corrected chi connectivity index (χ0v) is 17.8. The molecule has 0 aliphatic carbocycles. The van der Waals surface area contributed by atoms with E-state index < -0.39 is 16.7 Å². The Labute approximate surface area is 189 Å². The van der Waals surface area contributed by atoms with Gasteiger partial charge in [-0.05, 0) is 35.4 Å². The van der Waals surface area contributed by atoms with Crippen molar-refractivity contribution in [3.05, 3.63) is 111 Å². The van der Waals surface area contributed by atoms with Crippen LogP contribution in [0.4, 0.5) is 11.4 Å². The summed E-state index contributed by atoms with van der Waals surface area (Å²) in [6.45, 7) is 0.391. The van der Waals surface area contributed by atoms with Crippen LogP contribution in [0.5, 0.6) is 0 Å². The Hall–Kier alpha value is -3.97. The number of nitro benzene ring substituents is 1. The number of rotatable bonds is 6. The monoisotopic (exact) mass is 447 g/mol. The van der Waals surface area contributed by atoms with E-state index in [-0.39, 0.29) is 27.7 Å². The molecule has 2 amide bonds. The fourth-order valence-corrected chi connectivity index (χ4v) is 3.89. The zero-order valence-electron chi connectivity index (χ0n) is 17.1. The van der Waals surface area contributed by atoms with Crippen LogP contribution in [0.15, 0.2) is 84.6 Å². The minimum absolute atomic E-state index is 0.103. The maximum absolute atomic E-state index is 13.5. The second-order valence-electron chi connectivity index (χ2n) is 7.27. The molecule has 0 N–H and O–H groups in total. The van der Waals surface area contributed by atoms with Gasteiger partial charge in [0.15, 0.2) is 0 Å². The SMILES string of the molecule is CN(Cc1ccccc1)C1=C(c2ccc([N+](=O)[O-])cc2)C(=O)N(c2ccccc2Cl)C1=O. The highest BCUT2D eigenvalue weighted by Gasteiger charge is 2.42. The van der Waals surface area contributed by atoms with Crippen LogP contribution in [0.1, 0.15) is 11.1 Å². The molecule has 0 saturated carbocycles. The second-order valence-corrected chi connectivity index (χ2v) is 7.67. The molecule has 0 fully saturated rings. The van der Waals surface area contributed by atoms with Gasteiger partial charge in [-0.3, -0.25) is 19.7 Å². The van der Waals surface area contributed by atoms with Crippen molar-refractivity contribution >= 4 is 40.4 Å². The Morgan fingerprint density at radius 3 is 2.16 bits per heavy atom. The summed E-state index contributed by atoms with van der Waals surface area (Å²) in [5.41, 5.74) is 1.93. The number of nitro groups is 1. The van der Waals surface area contributed by atoms with Crippen molar-refractivity contribution in [3.8, 4) is 0 Å². The molecule has 1 aliphatic rings. The third-order valence-electron chi connectivity index (χ3n) is 5.16. The van der Waals surface area contributed by atoms with E-state index in [9.17, 15) is 19.7 Å². The molecule has 7 nitrogen and oxygen atoms in total. The molecule has 0 aromatic heterocycles. The van der Waals surface area contributed by atoms with Crippen LogP contribution < -0.4 is 4.90 Å². The lowest BCUT2D eigenvalue weighted by Crippen LogP contribution is -2.34. The van der Waals surface area contributed by atoms with E-state index in [1.165, 1.54) is 24.3 Å². The van der Waals surface area contributed by atoms with E-state index in [1.807, 2.05) is 30.3 Å². The van der Waals surface area contributed by atoms with Gasteiger partial charge in [0.25, 0.3) is 17.5 Å². The number of amides is 2. The summed E-state index contributed by atoms with van der Waals surface area (Å²) in [5.74, 6) is -1.04. The average molecular weight is 448 g/mol. The van der Waals surface area contributed by atoms with Gasteiger partial charge in [-0.2, -0.15) is 0 Å². The van der Waals surface area contributed by atoms with Crippen molar-refractivity contribution in [2.24, 2.45) is 0 Å². The lowest BCUT2D eigenvalue weighted by atomic mass is 10.0. The molecular formula is C24H18ClN3O4. The van der Waals surface area contributed by atoms with Gasteiger partial charge < -0.3 is 4.90 Å². The second kappa shape index (κ2) is 8.64. The van der Waals surface area contributed by atoms with Gasteiger partial charge in [0.05, 0.1) is 21.2 Å². The smallest absolute Gasteiger partial charge is 0.282 e. The molecular weight excluding hydrogens is 430 g/mol. The average Bonchev–Trinajstić information content (AvgIpc) is 3.05. The number of non-ortho nitro benzene ring substituents is 1. The van der Waals surface area contributed by atoms with Gasteiger partial charge >= 0.3 is 0 Å². The van der Waals surface area contributed by atoms with E-state index in [2.05, 4.69) is 0 Å². The van der Waals surface area contributed by atoms with Crippen LogP contribution in [0, 0.1) is 10.1 Å². The molecule has 4 rings (SSSR count). The van der Waals surface area contributed by atoms with E-state index in [4.69, 9.17) is 11.6 Å². The number of benzene rings is 3. The molecule has 1 heterocycles. The van der Waals surface area contributed by atoms with Crippen LogP contribution in [0.2, 0.25) is 5.02 Å². The molecule has 0 bridgehead atoms. The first kappa shape index (κ1) is 21.3. The molecule has 32 heavy (non-hydrogen) atoms. The van der Waals surface area contributed by atoms with E-state index >= 15 is 0 Å². The third kappa shape index (κ3) is 3.86. The van der Waals surface area contributed by atoms with Crippen LogP contribution in [-0.2, 0) is 16.1 Å². The van der Waals surface area contributed by atoms with Gasteiger partial charge in [0.2, 0.25) is 0 Å². The van der Waals surface area contributed by atoms with Gasteiger partial charge in [0, 0.05) is 25.7 Å². The molecule has 8 heteroatoms. The number of carbonyl (C=O) groups excluding carboxylic acids is 2. The number of carbonyl (C=O) groups is 2. The van der Waals surface area contributed by atoms with Gasteiger partial charge in [-0.25, -0.2) is 4.90 Å². The first-order chi connectivity index (χ1) is 15.4. The fraction of sp³-hybridized carbons (Fsp3) is 0.0833. The summed E-state index contributed by atoms with van der Waals surface area (Å²) in [6.07, 6.45) is 0. The Morgan fingerprint density at radius 2 is 1.53 bits per heavy atom. The van der Waals surface area contributed by atoms with Crippen LogP contribution in [0.25, 0.3) is 5.57 Å². The molecule has 0 unspecified atom stereocenters. The molecule has 3 aromatic rings. The quantitative estimate of drug-likeness (QED) is 0.311. The minimum Gasteiger partial charge on any atom is -0.365 e. The normalized spacial score (nSPS) is 13.6. The van der Waals surface area contributed by atoms with Crippen LogP contribution >= 0.6 is 11.6 Å². The van der Waals surface area contributed by atoms with Crippen LogP contribution in [-0.4, -0.2) is 28.7 Å². The number of imide groups is 1. The van der Waals surface area contributed by atoms with Crippen molar-refractivity contribution in [3.63, 3.8) is 0 Å². The Bertz CT molecular complexity index is 1240. The standard InChI is InChI=1S/C24H18ClN3O4/c1-26(15-16-7-3-2-4-8-16)22-21(17-11-13-18(14-12-17)28(31)32)23(29)27(24(22)30)20-10-6-5-9-19(20)25/h2-14H,15H2,1H3. The van der Waals surface area contributed by atoms with E-state index in [0.29, 0.717) is 12.1 Å². The summed E-state index contributed by atoms with van der Waals surface area (Å²) in [5, 5.41) is 11.3. The molecule has 160 valence electrons. The summed E-state index contributed by atoms with van der Waals surface area (Å²) >= 11 is 6.29. The summed E-state index contributed by atoms with van der Waals surface area (Å²) in [4.78, 5) is 40.3. The molecule has 3 aromatic carbocycles. The van der Waals surface area contributed by atoms with Crippen molar-refractivity contribution in [2.75, 3.05) is 11.9 Å². The number of hydrogen-bond donors (Lipinski definition) is 0. The Morgan fingerprint density at radius 1 is 0.906 bits per heavy atom. The van der Waals surface area contributed by atoms with Crippen molar-refractivity contribution in [1.82, 2.24) is 4.90 Å². The Balaban J connectivity index is 1.82. The van der Waals surface area contributed by atoms with E-state index in [0.717, 1.165) is 10.5 Å². The predicted molar refractivity (Wildman–Crippen MR) is 122 cm³/mol. The molecule has 1 aliphatic heterocycles. The number of para-hydroxylation sites is 1. The van der Waals surface area contributed by atoms with Crippen molar-refractivity contribution in [2.45, 2.75) is 6.54 Å².